The van der Waals surface area contributed by atoms with E-state index < -0.39 is 0 Å². The molecule has 2 aliphatic carbocycles. The molecule has 3 aromatic rings. The van der Waals surface area contributed by atoms with Gasteiger partial charge in [-0.2, -0.15) is 0 Å². The lowest BCUT2D eigenvalue weighted by Crippen LogP contribution is -2.38. The molecule has 166 valence electrons. The highest BCUT2D eigenvalue weighted by atomic mass is 16.1. The lowest BCUT2D eigenvalue weighted by Gasteiger charge is -2.28. The topological polar surface area (TPSA) is 91.8 Å². The summed E-state index contributed by atoms with van der Waals surface area (Å²) < 4.78 is 0. The quantitative estimate of drug-likeness (QED) is 0.486. The molecule has 32 heavy (non-hydrogen) atoms. The third-order valence-electron chi connectivity index (χ3n) is 6.59. The summed E-state index contributed by atoms with van der Waals surface area (Å²) in [5.41, 5.74) is 2.31. The molecule has 2 saturated carbocycles. The smallest absolute Gasteiger partial charge is 0.255 e. The Morgan fingerprint density at radius 2 is 1.81 bits per heavy atom. The van der Waals surface area contributed by atoms with E-state index in [2.05, 4.69) is 37.8 Å². The van der Waals surface area contributed by atoms with Crippen LogP contribution in [0.25, 0.3) is 10.9 Å². The minimum atomic E-state index is -0.0384. The average Bonchev–Trinajstić information content (AvgIpc) is 3.64. The van der Waals surface area contributed by atoms with Gasteiger partial charge in [0.1, 0.15) is 11.6 Å². The Balaban J connectivity index is 1.32. The molecule has 2 fully saturated rings. The number of hydrogen-bond acceptors (Lipinski definition) is 6. The van der Waals surface area contributed by atoms with Crippen LogP contribution in [0.4, 0.5) is 17.3 Å². The fraction of sp³-hybridized carbons (Fsp3) is 0.440. The van der Waals surface area contributed by atoms with Crippen LogP contribution in [0.1, 0.15) is 62.2 Å². The number of carbonyl (C=O) groups is 1. The van der Waals surface area contributed by atoms with Gasteiger partial charge in [-0.25, -0.2) is 9.97 Å². The first-order valence-electron chi connectivity index (χ1n) is 11.7. The number of aromatic nitrogens is 3. The van der Waals surface area contributed by atoms with Crippen molar-refractivity contribution in [3.8, 4) is 0 Å². The van der Waals surface area contributed by atoms with Gasteiger partial charge >= 0.3 is 0 Å². The van der Waals surface area contributed by atoms with E-state index >= 15 is 0 Å². The second-order valence-electron chi connectivity index (χ2n) is 9.02. The van der Waals surface area contributed by atoms with Gasteiger partial charge in [-0.1, -0.05) is 13.3 Å². The summed E-state index contributed by atoms with van der Waals surface area (Å²) in [6.45, 7) is 2.26. The predicted molar refractivity (Wildman–Crippen MR) is 127 cm³/mol. The van der Waals surface area contributed by atoms with Gasteiger partial charge in [0, 0.05) is 42.1 Å². The minimum absolute atomic E-state index is 0.0384. The van der Waals surface area contributed by atoms with Crippen LogP contribution in [0.15, 0.2) is 42.9 Å². The van der Waals surface area contributed by atoms with Crippen molar-refractivity contribution in [3.05, 3.63) is 48.4 Å². The molecule has 3 heterocycles. The van der Waals surface area contributed by atoms with Crippen LogP contribution in [0.5, 0.6) is 0 Å². The van der Waals surface area contributed by atoms with E-state index in [0.29, 0.717) is 23.2 Å². The Hall–Kier alpha value is -3.22. The lowest BCUT2D eigenvalue weighted by atomic mass is 9.84. The van der Waals surface area contributed by atoms with Crippen LogP contribution in [0, 0.1) is 5.92 Å². The maximum absolute atomic E-state index is 13.1. The average molecular weight is 431 g/mol. The first kappa shape index (κ1) is 20.7. The summed E-state index contributed by atoms with van der Waals surface area (Å²) in [5.74, 6) is 2.14. The zero-order valence-electron chi connectivity index (χ0n) is 18.5. The molecule has 7 heteroatoms. The Morgan fingerprint density at radius 1 is 1.00 bits per heavy atom. The molecule has 0 unspecified atom stereocenters. The summed E-state index contributed by atoms with van der Waals surface area (Å²) in [5, 5.41) is 11.0. The summed E-state index contributed by atoms with van der Waals surface area (Å²) in [6, 6.07) is 8.38. The van der Waals surface area contributed by atoms with Gasteiger partial charge in [0.25, 0.3) is 5.91 Å². The molecule has 3 N–H and O–H groups in total. The standard InChI is InChI=1S/C25H30N6O/c1-2-16-3-6-19(7-4-16)29-25(32)20-15-27-24(13-22(20)28-18-8-9-18)31-23-10-5-17-14-26-12-11-21(17)30-23/h5,10-16,18-19H,2-4,6-9H2,1H3,(H,29,32)(H2,27,28,30,31). The molecule has 0 bridgehead atoms. The van der Waals surface area contributed by atoms with E-state index in [1.807, 2.05) is 24.3 Å². The number of pyridine rings is 3. The van der Waals surface area contributed by atoms with Gasteiger partial charge in [0.15, 0.2) is 0 Å². The molecule has 2 aliphatic rings. The van der Waals surface area contributed by atoms with E-state index in [1.165, 1.54) is 19.3 Å². The Kier molecular flexibility index (Phi) is 5.88. The van der Waals surface area contributed by atoms with Crippen molar-refractivity contribution < 1.29 is 4.79 Å². The van der Waals surface area contributed by atoms with Crippen molar-refractivity contribution in [2.75, 3.05) is 10.6 Å². The highest BCUT2D eigenvalue weighted by Gasteiger charge is 2.26. The number of amides is 1. The van der Waals surface area contributed by atoms with E-state index in [-0.39, 0.29) is 11.9 Å². The second kappa shape index (κ2) is 9.10. The number of rotatable bonds is 7. The molecule has 0 atom stereocenters. The number of carbonyl (C=O) groups excluding carboxylic acids is 1. The summed E-state index contributed by atoms with van der Waals surface area (Å²) in [7, 11) is 0. The monoisotopic (exact) mass is 430 g/mol. The van der Waals surface area contributed by atoms with Gasteiger partial charge < -0.3 is 16.0 Å². The summed E-state index contributed by atoms with van der Waals surface area (Å²) in [4.78, 5) is 26.3. The van der Waals surface area contributed by atoms with Crippen molar-refractivity contribution in [2.24, 2.45) is 5.92 Å². The Morgan fingerprint density at radius 3 is 2.59 bits per heavy atom. The molecule has 1 amide bonds. The fourth-order valence-electron chi connectivity index (χ4n) is 4.42. The number of hydrogen-bond donors (Lipinski definition) is 3. The number of anilines is 3. The highest BCUT2D eigenvalue weighted by Crippen LogP contribution is 2.30. The molecule has 0 spiro atoms. The molecular weight excluding hydrogens is 400 g/mol. The zero-order chi connectivity index (χ0) is 21.9. The molecule has 3 aromatic heterocycles. The van der Waals surface area contributed by atoms with Gasteiger partial charge in [0.05, 0.1) is 16.8 Å². The number of fused-ring (bicyclic) bond motifs is 1. The second-order valence-corrected chi connectivity index (χ2v) is 9.02. The molecule has 0 saturated heterocycles. The SMILES string of the molecule is CCC1CCC(NC(=O)c2cnc(Nc3ccc4cnccc4n3)cc2NC2CC2)CC1. The summed E-state index contributed by atoms with van der Waals surface area (Å²) >= 11 is 0. The van der Waals surface area contributed by atoms with Crippen LogP contribution in [0.3, 0.4) is 0 Å². The fourth-order valence-corrected chi connectivity index (χ4v) is 4.42. The van der Waals surface area contributed by atoms with Crippen LogP contribution in [-0.2, 0) is 0 Å². The van der Waals surface area contributed by atoms with Crippen molar-refractivity contribution in [3.63, 3.8) is 0 Å². The van der Waals surface area contributed by atoms with Gasteiger partial charge in [-0.3, -0.25) is 9.78 Å². The normalized spacial score (nSPS) is 20.7. The van der Waals surface area contributed by atoms with E-state index in [9.17, 15) is 4.79 Å². The first-order chi connectivity index (χ1) is 15.7. The molecule has 0 aliphatic heterocycles. The number of nitrogens with zero attached hydrogens (tertiary/aromatic N) is 3. The van der Waals surface area contributed by atoms with Crippen molar-refractivity contribution in [1.29, 1.82) is 0 Å². The van der Waals surface area contributed by atoms with Gasteiger partial charge in [-0.15, -0.1) is 0 Å². The number of nitrogens with one attached hydrogen (secondary N) is 3. The van der Waals surface area contributed by atoms with Crippen LogP contribution >= 0.6 is 0 Å². The molecule has 5 rings (SSSR count). The first-order valence-corrected chi connectivity index (χ1v) is 11.7. The van der Waals surface area contributed by atoms with E-state index in [1.54, 1.807) is 18.6 Å². The van der Waals surface area contributed by atoms with Crippen LogP contribution < -0.4 is 16.0 Å². The zero-order valence-corrected chi connectivity index (χ0v) is 18.5. The lowest BCUT2D eigenvalue weighted by molar-refractivity contribution is 0.0922. The maximum atomic E-state index is 13.1. The third kappa shape index (κ3) is 4.82. The molecular formula is C25H30N6O. The van der Waals surface area contributed by atoms with Gasteiger partial charge in [0.2, 0.25) is 0 Å². The predicted octanol–water partition coefficient (Wildman–Crippen LogP) is 5.04. The minimum Gasteiger partial charge on any atom is -0.382 e. The van der Waals surface area contributed by atoms with E-state index in [4.69, 9.17) is 0 Å². The van der Waals surface area contributed by atoms with Crippen molar-refractivity contribution in [1.82, 2.24) is 20.3 Å². The van der Waals surface area contributed by atoms with Gasteiger partial charge in [-0.05, 0) is 62.6 Å². The van der Waals surface area contributed by atoms with Crippen molar-refractivity contribution in [2.45, 2.75) is 64.0 Å². The highest BCUT2D eigenvalue weighted by molar-refractivity contribution is 6.00. The Bertz CT molecular complexity index is 1100. The largest absolute Gasteiger partial charge is 0.382 e. The maximum Gasteiger partial charge on any atom is 0.255 e. The summed E-state index contributed by atoms with van der Waals surface area (Å²) in [6.07, 6.45) is 13.2. The Labute approximate surface area is 188 Å². The van der Waals surface area contributed by atoms with E-state index in [0.717, 1.165) is 48.2 Å². The van der Waals surface area contributed by atoms with Crippen LogP contribution in [0.2, 0.25) is 0 Å². The van der Waals surface area contributed by atoms with Crippen molar-refractivity contribution >= 4 is 34.1 Å². The molecule has 7 nitrogen and oxygen atoms in total. The molecule has 0 radical (unpaired) electrons. The van der Waals surface area contributed by atoms with Crippen LogP contribution in [-0.4, -0.2) is 32.9 Å². The molecule has 0 aromatic carbocycles. The third-order valence-corrected chi connectivity index (χ3v) is 6.59.